The number of benzene rings is 2. The van der Waals surface area contributed by atoms with Crippen LogP contribution in [0.4, 0.5) is 17.6 Å². The lowest BCUT2D eigenvalue weighted by atomic mass is 9.81. The lowest BCUT2D eigenvalue weighted by Gasteiger charge is -2.35. The fourth-order valence-electron chi connectivity index (χ4n) is 3.34. The number of hydrogen-bond donors (Lipinski definition) is 1. The number of halogens is 4. The largest absolute Gasteiger partial charge is 0.497 e. The minimum atomic E-state index is -4.63. The van der Waals surface area contributed by atoms with Crippen molar-refractivity contribution in [3.8, 4) is 5.75 Å². The van der Waals surface area contributed by atoms with Crippen LogP contribution in [0.15, 0.2) is 47.4 Å². The van der Waals surface area contributed by atoms with Gasteiger partial charge in [-0.3, -0.25) is 4.79 Å². The fourth-order valence-corrected chi connectivity index (χ4v) is 5.02. The molecule has 30 heavy (non-hydrogen) atoms. The van der Waals surface area contributed by atoms with Gasteiger partial charge in [0.15, 0.2) is 9.84 Å². The molecule has 10 heteroatoms. The minimum absolute atomic E-state index is 0.0758. The molecule has 0 heterocycles. The molecule has 0 radical (unpaired) electrons. The molecule has 162 valence electrons. The van der Waals surface area contributed by atoms with Crippen molar-refractivity contribution >= 4 is 15.7 Å². The van der Waals surface area contributed by atoms with Crippen LogP contribution in [-0.2, 0) is 16.0 Å². The molecular weight excluding hydrogens is 426 g/mol. The first-order chi connectivity index (χ1) is 14.0. The lowest BCUT2D eigenvalue weighted by Crippen LogP contribution is -2.46. The molecule has 0 unspecified atom stereocenters. The van der Waals surface area contributed by atoms with E-state index >= 15 is 0 Å². The number of alkyl halides is 3. The Hall–Kier alpha value is -2.62. The molecule has 1 aliphatic carbocycles. The molecule has 1 aliphatic rings. The van der Waals surface area contributed by atoms with Gasteiger partial charge in [0.1, 0.15) is 11.6 Å². The molecule has 0 aromatic heterocycles. The number of sulfone groups is 1. The van der Waals surface area contributed by atoms with E-state index in [2.05, 4.69) is 5.32 Å². The van der Waals surface area contributed by atoms with Gasteiger partial charge in [0, 0.05) is 17.7 Å². The molecule has 1 N–H and O–H groups in total. The summed E-state index contributed by atoms with van der Waals surface area (Å²) in [7, 11) is -2.56. The zero-order chi connectivity index (χ0) is 22.1. The van der Waals surface area contributed by atoms with E-state index in [0.717, 1.165) is 30.3 Å². The summed E-state index contributed by atoms with van der Waals surface area (Å²) in [5, 5.41) is 2.69. The average molecular weight is 445 g/mol. The summed E-state index contributed by atoms with van der Waals surface area (Å²) in [6, 6.07) is 6.92. The summed E-state index contributed by atoms with van der Waals surface area (Å²) in [6.07, 6.45) is -3.91. The smallest absolute Gasteiger partial charge is 0.416 e. The standard InChI is InChI=1S/C20H19F4NO4S/c1-29-17-8-13(7-15(21)10-17)19(26)25-16-5-12(6-16)11-30(27,28)18-4-2-3-14(9-18)20(22,23)24/h2-4,7-10,12,16H,5-6,11H2,1H3,(H,25,26)/t12-,16-. The van der Waals surface area contributed by atoms with Crippen molar-refractivity contribution in [3.63, 3.8) is 0 Å². The van der Waals surface area contributed by atoms with Gasteiger partial charge in [-0.2, -0.15) is 13.2 Å². The normalized spacial score (nSPS) is 19.1. The zero-order valence-electron chi connectivity index (χ0n) is 15.9. The number of ether oxygens (including phenoxy) is 1. The van der Waals surface area contributed by atoms with Gasteiger partial charge >= 0.3 is 6.18 Å². The van der Waals surface area contributed by atoms with Crippen LogP contribution >= 0.6 is 0 Å². The maximum absolute atomic E-state index is 13.5. The van der Waals surface area contributed by atoms with Crippen molar-refractivity contribution in [1.82, 2.24) is 5.32 Å². The zero-order valence-corrected chi connectivity index (χ0v) is 16.7. The van der Waals surface area contributed by atoms with E-state index in [1.165, 1.54) is 13.2 Å². The quantitative estimate of drug-likeness (QED) is 0.686. The number of hydrogen-bond acceptors (Lipinski definition) is 4. The molecule has 0 bridgehead atoms. The van der Waals surface area contributed by atoms with E-state index < -0.39 is 33.3 Å². The molecule has 2 aromatic rings. The van der Waals surface area contributed by atoms with Crippen molar-refractivity contribution in [3.05, 3.63) is 59.4 Å². The van der Waals surface area contributed by atoms with Gasteiger partial charge in [0.25, 0.3) is 5.91 Å². The lowest BCUT2D eigenvalue weighted by molar-refractivity contribution is -0.137. The third-order valence-corrected chi connectivity index (χ3v) is 6.80. The van der Waals surface area contributed by atoms with Crippen LogP contribution in [0.2, 0.25) is 0 Å². The van der Waals surface area contributed by atoms with Crippen LogP contribution in [0.1, 0.15) is 28.8 Å². The van der Waals surface area contributed by atoms with E-state index in [-0.39, 0.29) is 33.9 Å². The summed E-state index contributed by atoms with van der Waals surface area (Å²) in [4.78, 5) is 11.9. The number of amides is 1. The first kappa shape index (κ1) is 22.1. The van der Waals surface area contributed by atoms with Crippen molar-refractivity contribution in [2.75, 3.05) is 12.9 Å². The molecule has 0 saturated heterocycles. The van der Waals surface area contributed by atoms with E-state index in [9.17, 15) is 30.8 Å². The summed E-state index contributed by atoms with van der Waals surface area (Å²) < 4.78 is 81.8. The highest BCUT2D eigenvalue weighted by atomic mass is 32.2. The van der Waals surface area contributed by atoms with Gasteiger partial charge in [-0.15, -0.1) is 0 Å². The average Bonchev–Trinajstić information content (AvgIpc) is 2.65. The third kappa shape index (κ3) is 5.10. The Morgan fingerprint density at radius 2 is 1.87 bits per heavy atom. The molecule has 5 nitrogen and oxygen atoms in total. The number of carbonyl (C=O) groups excluding carboxylic acids is 1. The van der Waals surface area contributed by atoms with Crippen LogP contribution in [0, 0.1) is 11.7 Å². The Kier molecular flexibility index (Phi) is 6.07. The maximum atomic E-state index is 13.5. The Balaban J connectivity index is 1.58. The SMILES string of the molecule is COc1cc(F)cc(C(=O)N[C@H]2C[C@H](CS(=O)(=O)c3cccc(C(F)(F)F)c3)C2)c1. The molecule has 2 aromatic carbocycles. The third-order valence-electron chi connectivity index (χ3n) is 4.92. The number of carbonyl (C=O) groups is 1. The van der Waals surface area contributed by atoms with E-state index in [1.807, 2.05) is 0 Å². The predicted molar refractivity (Wildman–Crippen MR) is 100 cm³/mol. The Morgan fingerprint density at radius 3 is 2.50 bits per heavy atom. The highest BCUT2D eigenvalue weighted by molar-refractivity contribution is 7.91. The van der Waals surface area contributed by atoms with E-state index in [0.29, 0.717) is 18.9 Å². The number of nitrogens with one attached hydrogen (secondary N) is 1. The Labute approximate surface area is 171 Å². The van der Waals surface area contributed by atoms with Crippen LogP contribution in [0.3, 0.4) is 0 Å². The number of methoxy groups -OCH3 is 1. The molecule has 0 atom stereocenters. The first-order valence-corrected chi connectivity index (χ1v) is 10.7. The molecule has 1 amide bonds. The summed E-state index contributed by atoms with van der Waals surface area (Å²) in [5.41, 5.74) is -0.945. The van der Waals surface area contributed by atoms with Crippen LogP contribution in [0.25, 0.3) is 0 Å². The van der Waals surface area contributed by atoms with Crippen molar-refractivity contribution in [2.24, 2.45) is 5.92 Å². The second-order valence-electron chi connectivity index (χ2n) is 7.19. The van der Waals surface area contributed by atoms with Gasteiger partial charge in [0.2, 0.25) is 0 Å². The molecule has 0 aliphatic heterocycles. The highest BCUT2D eigenvalue weighted by Gasteiger charge is 2.36. The van der Waals surface area contributed by atoms with Crippen molar-refractivity contribution < 1.29 is 35.5 Å². The summed E-state index contributed by atoms with van der Waals surface area (Å²) in [5.74, 6) is -1.56. The topological polar surface area (TPSA) is 72.5 Å². The molecule has 3 rings (SSSR count). The minimum Gasteiger partial charge on any atom is -0.497 e. The Bertz CT molecular complexity index is 1050. The first-order valence-electron chi connectivity index (χ1n) is 9.03. The predicted octanol–water partition coefficient (Wildman–Crippen LogP) is 3.84. The van der Waals surface area contributed by atoms with E-state index in [1.54, 1.807) is 0 Å². The van der Waals surface area contributed by atoms with Gasteiger partial charge in [-0.25, -0.2) is 12.8 Å². The van der Waals surface area contributed by atoms with E-state index in [4.69, 9.17) is 4.74 Å². The van der Waals surface area contributed by atoms with Gasteiger partial charge in [-0.05, 0) is 49.1 Å². The molecular formula is C20H19F4NO4S. The van der Waals surface area contributed by atoms with Crippen LogP contribution < -0.4 is 10.1 Å². The van der Waals surface area contributed by atoms with Crippen molar-refractivity contribution in [1.29, 1.82) is 0 Å². The second kappa shape index (κ2) is 8.25. The van der Waals surface area contributed by atoms with Gasteiger partial charge in [0.05, 0.1) is 23.3 Å². The molecule has 1 saturated carbocycles. The highest BCUT2D eigenvalue weighted by Crippen LogP contribution is 2.33. The summed E-state index contributed by atoms with van der Waals surface area (Å²) in [6.45, 7) is 0. The van der Waals surface area contributed by atoms with Crippen LogP contribution in [0.5, 0.6) is 5.75 Å². The maximum Gasteiger partial charge on any atom is 0.416 e. The Morgan fingerprint density at radius 1 is 1.17 bits per heavy atom. The number of rotatable bonds is 6. The molecule has 0 spiro atoms. The van der Waals surface area contributed by atoms with Gasteiger partial charge in [-0.1, -0.05) is 6.07 Å². The van der Waals surface area contributed by atoms with Gasteiger partial charge < -0.3 is 10.1 Å². The second-order valence-corrected chi connectivity index (χ2v) is 9.23. The van der Waals surface area contributed by atoms with Crippen LogP contribution in [-0.4, -0.2) is 33.2 Å². The molecule has 1 fully saturated rings. The monoisotopic (exact) mass is 445 g/mol. The fraction of sp³-hybridized carbons (Fsp3) is 0.350. The van der Waals surface area contributed by atoms with Crippen molar-refractivity contribution in [2.45, 2.75) is 30.0 Å². The summed E-state index contributed by atoms with van der Waals surface area (Å²) >= 11 is 0.